The first-order valence-corrected chi connectivity index (χ1v) is 3.39. The smallest absolute Gasteiger partial charge is 0.125 e. The van der Waals surface area contributed by atoms with E-state index in [9.17, 15) is 0 Å². The zero-order chi connectivity index (χ0) is 8.10. The molecule has 1 N–H and O–H groups in total. The highest BCUT2D eigenvalue weighted by Crippen LogP contribution is 1.97. The predicted molar refractivity (Wildman–Crippen MR) is 42.9 cm³/mol. The first-order chi connectivity index (χ1) is 5.33. The van der Waals surface area contributed by atoms with Crippen molar-refractivity contribution in [2.45, 2.75) is 6.92 Å². The van der Waals surface area contributed by atoms with E-state index in [-0.39, 0.29) is 6.61 Å². The minimum atomic E-state index is 0.0495. The highest BCUT2D eigenvalue weighted by molar-refractivity contribution is 5.46. The van der Waals surface area contributed by atoms with E-state index in [0.29, 0.717) is 0 Å². The van der Waals surface area contributed by atoms with Crippen LogP contribution in [0.15, 0.2) is 18.5 Å². The van der Waals surface area contributed by atoms with Gasteiger partial charge in [0.2, 0.25) is 0 Å². The Balaban J connectivity index is 2.73. The molecule has 3 nitrogen and oxygen atoms in total. The number of aryl methyl sites for hydroxylation is 1. The van der Waals surface area contributed by atoms with Gasteiger partial charge in [0.05, 0.1) is 6.61 Å². The van der Waals surface area contributed by atoms with E-state index in [1.165, 1.54) is 0 Å². The number of hydrogen-bond donors (Lipinski definition) is 1. The van der Waals surface area contributed by atoms with E-state index in [1.54, 1.807) is 24.5 Å². The van der Waals surface area contributed by atoms with Crippen LogP contribution in [0.25, 0.3) is 6.08 Å². The monoisotopic (exact) mass is 150 g/mol. The standard InChI is InChI=1S/C8H10N2O/c1-7-9-5-8(6-10-7)3-2-4-11/h2-3,5-6,11H,4H2,1H3/b3-2-. The van der Waals surface area contributed by atoms with Gasteiger partial charge in [-0.2, -0.15) is 0 Å². The number of hydrogen-bond acceptors (Lipinski definition) is 3. The summed E-state index contributed by atoms with van der Waals surface area (Å²) in [7, 11) is 0. The summed E-state index contributed by atoms with van der Waals surface area (Å²) < 4.78 is 0. The fourth-order valence-corrected chi connectivity index (χ4v) is 0.677. The summed E-state index contributed by atoms with van der Waals surface area (Å²) in [5.74, 6) is 0.756. The molecule has 0 aliphatic heterocycles. The van der Waals surface area contributed by atoms with Crippen molar-refractivity contribution < 1.29 is 5.11 Å². The second-order valence-corrected chi connectivity index (χ2v) is 2.15. The van der Waals surface area contributed by atoms with Gasteiger partial charge < -0.3 is 5.11 Å². The van der Waals surface area contributed by atoms with Crippen LogP contribution in [0.2, 0.25) is 0 Å². The topological polar surface area (TPSA) is 46.0 Å². The van der Waals surface area contributed by atoms with Gasteiger partial charge in [0, 0.05) is 18.0 Å². The molecule has 11 heavy (non-hydrogen) atoms. The number of aromatic nitrogens is 2. The van der Waals surface area contributed by atoms with Crippen LogP contribution in [0.5, 0.6) is 0 Å². The van der Waals surface area contributed by atoms with E-state index in [1.807, 2.05) is 6.92 Å². The molecule has 0 bridgehead atoms. The minimum Gasteiger partial charge on any atom is -0.392 e. The number of nitrogens with zero attached hydrogens (tertiary/aromatic N) is 2. The summed E-state index contributed by atoms with van der Waals surface area (Å²) >= 11 is 0. The molecule has 1 heterocycles. The summed E-state index contributed by atoms with van der Waals surface area (Å²) in [6.45, 7) is 1.88. The maximum Gasteiger partial charge on any atom is 0.125 e. The van der Waals surface area contributed by atoms with Crippen LogP contribution in [0.4, 0.5) is 0 Å². The van der Waals surface area contributed by atoms with Crippen LogP contribution in [0.1, 0.15) is 11.4 Å². The zero-order valence-corrected chi connectivity index (χ0v) is 6.36. The molecule has 3 heteroatoms. The number of aliphatic hydroxyl groups excluding tert-OH is 1. The third-order valence-electron chi connectivity index (χ3n) is 1.22. The van der Waals surface area contributed by atoms with Crippen LogP contribution in [-0.4, -0.2) is 21.7 Å². The molecule has 0 aromatic carbocycles. The van der Waals surface area contributed by atoms with Gasteiger partial charge in [-0.1, -0.05) is 12.2 Å². The Morgan fingerprint density at radius 3 is 2.64 bits per heavy atom. The van der Waals surface area contributed by atoms with Gasteiger partial charge in [0.15, 0.2) is 0 Å². The molecule has 0 spiro atoms. The third-order valence-corrected chi connectivity index (χ3v) is 1.22. The third kappa shape index (κ3) is 2.47. The molecule has 0 saturated carbocycles. The molecule has 1 aromatic heterocycles. The Bertz CT molecular complexity index is 241. The molecular formula is C8H10N2O. The van der Waals surface area contributed by atoms with E-state index in [0.717, 1.165) is 11.4 Å². The van der Waals surface area contributed by atoms with Gasteiger partial charge in [-0.15, -0.1) is 0 Å². The fraction of sp³-hybridized carbons (Fsp3) is 0.250. The molecule has 0 aliphatic rings. The van der Waals surface area contributed by atoms with E-state index < -0.39 is 0 Å². The van der Waals surface area contributed by atoms with Crippen molar-refractivity contribution in [3.05, 3.63) is 29.9 Å². The molecule has 1 aromatic rings. The number of rotatable bonds is 2. The van der Waals surface area contributed by atoms with Crippen molar-refractivity contribution in [2.24, 2.45) is 0 Å². The van der Waals surface area contributed by atoms with Gasteiger partial charge in [-0.3, -0.25) is 0 Å². The van der Waals surface area contributed by atoms with Gasteiger partial charge in [-0.25, -0.2) is 9.97 Å². The summed E-state index contributed by atoms with van der Waals surface area (Å²) in [6, 6.07) is 0. The normalized spacial score (nSPS) is 10.7. The minimum absolute atomic E-state index is 0.0495. The van der Waals surface area contributed by atoms with Gasteiger partial charge >= 0.3 is 0 Å². The summed E-state index contributed by atoms with van der Waals surface area (Å²) in [5, 5.41) is 8.45. The van der Waals surface area contributed by atoms with Crippen LogP contribution < -0.4 is 0 Å². The SMILES string of the molecule is Cc1ncc(/C=C\CO)cn1. The highest BCUT2D eigenvalue weighted by Gasteiger charge is 1.86. The summed E-state index contributed by atoms with van der Waals surface area (Å²) in [6.07, 6.45) is 6.86. The van der Waals surface area contributed by atoms with Gasteiger partial charge in [-0.05, 0) is 6.92 Å². The van der Waals surface area contributed by atoms with Crippen molar-refractivity contribution in [3.8, 4) is 0 Å². The Morgan fingerprint density at radius 1 is 1.45 bits per heavy atom. The summed E-state index contributed by atoms with van der Waals surface area (Å²) in [5.41, 5.74) is 0.907. The van der Waals surface area contributed by atoms with Crippen LogP contribution in [-0.2, 0) is 0 Å². The molecule has 0 unspecified atom stereocenters. The molecule has 58 valence electrons. The average Bonchev–Trinajstić information content (AvgIpc) is 2.04. The molecule has 1 rings (SSSR count). The lowest BCUT2D eigenvalue weighted by atomic mass is 10.3. The quantitative estimate of drug-likeness (QED) is 0.678. The zero-order valence-electron chi connectivity index (χ0n) is 6.36. The lowest BCUT2D eigenvalue weighted by Crippen LogP contribution is -1.86. The van der Waals surface area contributed by atoms with Crippen LogP contribution in [0.3, 0.4) is 0 Å². The van der Waals surface area contributed by atoms with Crippen molar-refractivity contribution >= 4 is 6.08 Å². The molecular weight excluding hydrogens is 140 g/mol. The van der Waals surface area contributed by atoms with Crippen molar-refractivity contribution in [1.29, 1.82) is 0 Å². The first-order valence-electron chi connectivity index (χ1n) is 3.39. The molecule has 0 saturated heterocycles. The molecule has 0 aliphatic carbocycles. The Kier molecular flexibility index (Phi) is 2.74. The second-order valence-electron chi connectivity index (χ2n) is 2.15. The molecule has 0 amide bonds. The average molecular weight is 150 g/mol. The molecule has 0 atom stereocenters. The Hall–Kier alpha value is -1.22. The number of aliphatic hydroxyl groups is 1. The van der Waals surface area contributed by atoms with Crippen LogP contribution in [0, 0.1) is 6.92 Å². The second kappa shape index (κ2) is 3.83. The lowest BCUT2D eigenvalue weighted by Gasteiger charge is -1.91. The van der Waals surface area contributed by atoms with E-state index in [2.05, 4.69) is 9.97 Å². The fourth-order valence-electron chi connectivity index (χ4n) is 0.677. The Morgan fingerprint density at radius 2 is 2.09 bits per heavy atom. The van der Waals surface area contributed by atoms with Crippen molar-refractivity contribution in [3.63, 3.8) is 0 Å². The lowest BCUT2D eigenvalue weighted by molar-refractivity contribution is 0.343. The maximum atomic E-state index is 8.45. The Labute approximate surface area is 65.4 Å². The van der Waals surface area contributed by atoms with Crippen molar-refractivity contribution in [2.75, 3.05) is 6.61 Å². The summed E-state index contributed by atoms with van der Waals surface area (Å²) in [4.78, 5) is 7.98. The van der Waals surface area contributed by atoms with Gasteiger partial charge in [0.25, 0.3) is 0 Å². The van der Waals surface area contributed by atoms with Gasteiger partial charge in [0.1, 0.15) is 5.82 Å². The van der Waals surface area contributed by atoms with E-state index >= 15 is 0 Å². The van der Waals surface area contributed by atoms with Crippen LogP contribution >= 0.6 is 0 Å². The van der Waals surface area contributed by atoms with E-state index in [4.69, 9.17) is 5.11 Å². The van der Waals surface area contributed by atoms with Crippen molar-refractivity contribution in [1.82, 2.24) is 9.97 Å². The maximum absolute atomic E-state index is 8.45. The molecule has 0 fully saturated rings. The predicted octanol–water partition coefficient (Wildman–Crippen LogP) is 0.791. The molecule has 0 radical (unpaired) electrons. The highest BCUT2D eigenvalue weighted by atomic mass is 16.2. The first kappa shape index (κ1) is 7.88. The largest absolute Gasteiger partial charge is 0.392 e.